The summed E-state index contributed by atoms with van der Waals surface area (Å²) in [7, 11) is 0. The van der Waals surface area contributed by atoms with Gasteiger partial charge in [-0.15, -0.1) is 0 Å². The lowest BCUT2D eigenvalue weighted by atomic mass is 10.1. The number of aliphatic hydroxyl groups is 1. The second-order valence-electron chi connectivity index (χ2n) is 5.36. The standard InChI is InChI=1S/C16H26N2O/c1-2-15-4-6-16(7-5-15)14-18-11-9-17(10-12-18)8-3-13-19/h4-7,19H,2-3,8-14H2,1H3. The van der Waals surface area contributed by atoms with Crippen LogP contribution in [-0.4, -0.2) is 54.2 Å². The normalized spacial score (nSPS) is 17.8. The van der Waals surface area contributed by atoms with E-state index in [2.05, 4.69) is 41.0 Å². The minimum atomic E-state index is 0.310. The summed E-state index contributed by atoms with van der Waals surface area (Å²) < 4.78 is 0. The number of hydrogen-bond donors (Lipinski definition) is 1. The Kier molecular flexibility index (Phi) is 5.83. The minimum Gasteiger partial charge on any atom is -0.396 e. The van der Waals surface area contributed by atoms with Crippen molar-refractivity contribution in [3.63, 3.8) is 0 Å². The van der Waals surface area contributed by atoms with Gasteiger partial charge in [-0.2, -0.15) is 0 Å². The van der Waals surface area contributed by atoms with Crippen LogP contribution in [0, 0.1) is 0 Å². The molecule has 1 saturated heterocycles. The third-order valence-electron chi connectivity index (χ3n) is 3.93. The summed E-state index contributed by atoms with van der Waals surface area (Å²) in [5.41, 5.74) is 2.83. The zero-order valence-electron chi connectivity index (χ0n) is 12.0. The van der Waals surface area contributed by atoms with E-state index in [9.17, 15) is 0 Å². The highest BCUT2D eigenvalue weighted by Crippen LogP contribution is 2.10. The first-order chi connectivity index (χ1) is 9.31. The number of aliphatic hydroxyl groups excluding tert-OH is 1. The van der Waals surface area contributed by atoms with Gasteiger partial charge in [0.05, 0.1) is 0 Å². The van der Waals surface area contributed by atoms with Gasteiger partial charge in [0.25, 0.3) is 0 Å². The number of rotatable bonds is 6. The monoisotopic (exact) mass is 262 g/mol. The second-order valence-corrected chi connectivity index (χ2v) is 5.36. The first-order valence-corrected chi connectivity index (χ1v) is 7.45. The average Bonchev–Trinajstić information content (AvgIpc) is 2.47. The molecule has 1 aliphatic heterocycles. The minimum absolute atomic E-state index is 0.310. The highest BCUT2D eigenvalue weighted by atomic mass is 16.3. The van der Waals surface area contributed by atoms with Crippen LogP contribution < -0.4 is 0 Å². The largest absolute Gasteiger partial charge is 0.396 e. The maximum atomic E-state index is 8.85. The molecular formula is C16H26N2O. The molecule has 1 N–H and O–H groups in total. The van der Waals surface area contributed by atoms with Crippen LogP contribution in [-0.2, 0) is 13.0 Å². The summed E-state index contributed by atoms with van der Waals surface area (Å²) in [6.07, 6.45) is 2.02. The molecule has 1 aromatic rings. The van der Waals surface area contributed by atoms with E-state index < -0.39 is 0 Å². The Morgan fingerprint density at radius 1 is 0.947 bits per heavy atom. The Bertz CT molecular complexity index is 356. The smallest absolute Gasteiger partial charge is 0.0443 e. The second kappa shape index (κ2) is 7.63. The summed E-state index contributed by atoms with van der Waals surface area (Å²) >= 11 is 0. The van der Waals surface area contributed by atoms with E-state index in [1.165, 1.54) is 11.1 Å². The van der Waals surface area contributed by atoms with E-state index in [4.69, 9.17) is 5.11 Å². The zero-order chi connectivity index (χ0) is 13.5. The molecule has 0 amide bonds. The van der Waals surface area contributed by atoms with E-state index in [0.29, 0.717) is 6.61 Å². The molecule has 19 heavy (non-hydrogen) atoms. The molecule has 0 radical (unpaired) electrons. The molecule has 0 aromatic heterocycles. The summed E-state index contributed by atoms with van der Waals surface area (Å²) in [5.74, 6) is 0. The van der Waals surface area contributed by atoms with Crippen molar-refractivity contribution >= 4 is 0 Å². The van der Waals surface area contributed by atoms with Gasteiger partial charge in [0.2, 0.25) is 0 Å². The van der Waals surface area contributed by atoms with Crippen molar-refractivity contribution in [3.05, 3.63) is 35.4 Å². The number of piperazine rings is 1. The summed E-state index contributed by atoms with van der Waals surface area (Å²) in [4.78, 5) is 4.98. The molecule has 3 heteroatoms. The third-order valence-corrected chi connectivity index (χ3v) is 3.93. The Morgan fingerprint density at radius 3 is 2.11 bits per heavy atom. The maximum Gasteiger partial charge on any atom is 0.0443 e. The van der Waals surface area contributed by atoms with Crippen LogP contribution in [0.2, 0.25) is 0 Å². The molecule has 0 aliphatic carbocycles. The van der Waals surface area contributed by atoms with Gasteiger partial charge in [0.15, 0.2) is 0 Å². The summed E-state index contributed by atoms with van der Waals surface area (Å²) in [6.45, 7) is 9.15. The molecule has 1 fully saturated rings. The number of benzene rings is 1. The summed E-state index contributed by atoms with van der Waals surface area (Å²) in [6, 6.07) is 9.01. The van der Waals surface area contributed by atoms with Crippen molar-refractivity contribution in [2.24, 2.45) is 0 Å². The van der Waals surface area contributed by atoms with Crippen LogP contribution in [0.1, 0.15) is 24.5 Å². The Morgan fingerprint density at radius 2 is 1.53 bits per heavy atom. The molecule has 1 aliphatic rings. The highest BCUT2D eigenvalue weighted by Gasteiger charge is 2.16. The van der Waals surface area contributed by atoms with Gasteiger partial charge in [0, 0.05) is 45.9 Å². The van der Waals surface area contributed by atoms with Crippen LogP contribution in [0.25, 0.3) is 0 Å². The van der Waals surface area contributed by atoms with E-state index >= 15 is 0 Å². The van der Waals surface area contributed by atoms with Crippen molar-refractivity contribution < 1.29 is 5.11 Å². The zero-order valence-corrected chi connectivity index (χ0v) is 12.0. The molecule has 106 valence electrons. The van der Waals surface area contributed by atoms with Crippen molar-refractivity contribution in [1.29, 1.82) is 0 Å². The van der Waals surface area contributed by atoms with Crippen LogP contribution in [0.3, 0.4) is 0 Å². The molecule has 3 nitrogen and oxygen atoms in total. The molecule has 0 spiro atoms. The number of hydrogen-bond acceptors (Lipinski definition) is 3. The van der Waals surface area contributed by atoms with Gasteiger partial charge in [-0.3, -0.25) is 4.90 Å². The Balaban J connectivity index is 1.75. The van der Waals surface area contributed by atoms with E-state index in [1.54, 1.807) is 0 Å². The molecule has 1 heterocycles. The topological polar surface area (TPSA) is 26.7 Å². The Labute approximate surface area is 116 Å². The van der Waals surface area contributed by atoms with E-state index in [-0.39, 0.29) is 0 Å². The first kappa shape index (κ1) is 14.5. The molecule has 0 unspecified atom stereocenters. The SMILES string of the molecule is CCc1ccc(CN2CCN(CCCO)CC2)cc1. The number of aryl methyl sites for hydroxylation is 1. The van der Waals surface area contributed by atoms with Crippen LogP contribution >= 0.6 is 0 Å². The fourth-order valence-electron chi connectivity index (χ4n) is 2.60. The first-order valence-electron chi connectivity index (χ1n) is 7.45. The van der Waals surface area contributed by atoms with Crippen LogP contribution in [0.5, 0.6) is 0 Å². The molecule has 0 bridgehead atoms. The highest BCUT2D eigenvalue weighted by molar-refractivity contribution is 5.22. The fourth-order valence-corrected chi connectivity index (χ4v) is 2.60. The molecule has 0 saturated carbocycles. The van der Waals surface area contributed by atoms with Gasteiger partial charge in [-0.1, -0.05) is 31.2 Å². The fraction of sp³-hybridized carbons (Fsp3) is 0.625. The van der Waals surface area contributed by atoms with Gasteiger partial charge in [-0.05, 0) is 24.0 Å². The van der Waals surface area contributed by atoms with Gasteiger partial charge in [-0.25, -0.2) is 0 Å². The average molecular weight is 262 g/mol. The van der Waals surface area contributed by atoms with Gasteiger partial charge >= 0.3 is 0 Å². The van der Waals surface area contributed by atoms with Gasteiger partial charge < -0.3 is 10.0 Å². The molecule has 1 aromatic carbocycles. The Hall–Kier alpha value is -0.900. The lowest BCUT2D eigenvalue weighted by molar-refractivity contribution is 0.120. The lowest BCUT2D eigenvalue weighted by Gasteiger charge is -2.34. The quantitative estimate of drug-likeness (QED) is 0.846. The lowest BCUT2D eigenvalue weighted by Crippen LogP contribution is -2.46. The van der Waals surface area contributed by atoms with Crippen molar-refractivity contribution in [3.8, 4) is 0 Å². The summed E-state index contributed by atoms with van der Waals surface area (Å²) in [5, 5.41) is 8.85. The van der Waals surface area contributed by atoms with E-state index in [1.807, 2.05) is 0 Å². The van der Waals surface area contributed by atoms with Gasteiger partial charge in [0.1, 0.15) is 0 Å². The van der Waals surface area contributed by atoms with Crippen molar-refractivity contribution in [2.45, 2.75) is 26.3 Å². The predicted octanol–water partition coefficient (Wildman–Crippen LogP) is 1.75. The maximum absolute atomic E-state index is 8.85. The molecular weight excluding hydrogens is 236 g/mol. The van der Waals surface area contributed by atoms with Crippen molar-refractivity contribution in [1.82, 2.24) is 9.80 Å². The van der Waals surface area contributed by atoms with E-state index in [0.717, 1.165) is 52.1 Å². The van der Waals surface area contributed by atoms with Crippen LogP contribution in [0.4, 0.5) is 0 Å². The van der Waals surface area contributed by atoms with Crippen LogP contribution in [0.15, 0.2) is 24.3 Å². The molecule has 0 atom stereocenters. The van der Waals surface area contributed by atoms with Crippen molar-refractivity contribution in [2.75, 3.05) is 39.3 Å². The number of nitrogens with zero attached hydrogens (tertiary/aromatic N) is 2. The molecule has 2 rings (SSSR count). The predicted molar refractivity (Wildman–Crippen MR) is 79.2 cm³/mol. The third kappa shape index (κ3) is 4.60.